The van der Waals surface area contributed by atoms with Crippen LogP contribution in [0, 0.1) is 0 Å². The maximum Gasteiger partial charge on any atom is 0.340 e. The van der Waals surface area contributed by atoms with Crippen molar-refractivity contribution in [2.75, 3.05) is 6.61 Å². The smallest absolute Gasteiger partial charge is 0.340 e. The van der Waals surface area contributed by atoms with Gasteiger partial charge in [-0.25, -0.2) is 14.4 Å². The lowest BCUT2D eigenvalue weighted by Gasteiger charge is -2.42. The van der Waals surface area contributed by atoms with Crippen LogP contribution in [-0.2, 0) is 18.9 Å². The molecule has 18 heteroatoms. The molecule has 3 aromatic rings. The Labute approximate surface area is 249 Å². The monoisotopic (exact) mass is 636 g/mol. The van der Waals surface area contributed by atoms with E-state index in [0.29, 0.717) is 36.4 Å². The number of phenolic OH excluding ortho intramolecular Hbond substituents is 9. The molecule has 1 saturated heterocycles. The van der Waals surface area contributed by atoms with Crippen LogP contribution in [-0.4, -0.2) is 111 Å². The zero-order valence-electron chi connectivity index (χ0n) is 22.3. The van der Waals surface area contributed by atoms with Crippen LogP contribution in [0.1, 0.15) is 31.1 Å². The SMILES string of the molecule is O=C(O[C@@H]1O[C@H](CO)[C@@H](OC(=O)c2cc(O)c(O)c(O)c2)[C@H](O)[C@H]1OC(=O)c1cc(O)c(O)c(O)c1)c1cc(O)c(O)c(O)c1. The van der Waals surface area contributed by atoms with E-state index in [4.69, 9.17) is 18.9 Å². The third-order valence-electron chi connectivity index (χ3n) is 6.42. The van der Waals surface area contributed by atoms with E-state index < -0.39 is 124 Å². The number of carbonyl (C=O) groups excluding carboxylic acids is 3. The zero-order valence-corrected chi connectivity index (χ0v) is 22.3. The number of aromatic hydroxyl groups is 9. The minimum absolute atomic E-state index is 0.559. The normalized spacial score (nSPS) is 21.1. The fourth-order valence-corrected chi connectivity index (χ4v) is 4.13. The first-order valence-corrected chi connectivity index (χ1v) is 12.4. The molecule has 18 nitrogen and oxygen atoms in total. The number of hydrogen-bond acceptors (Lipinski definition) is 18. The first-order chi connectivity index (χ1) is 21.1. The first-order valence-electron chi connectivity index (χ1n) is 12.4. The Hall–Kier alpha value is -5.85. The molecular formula is C27H24O18. The second-order valence-electron chi connectivity index (χ2n) is 9.45. The minimum Gasteiger partial charge on any atom is -0.504 e. The Morgan fingerprint density at radius 2 is 0.867 bits per heavy atom. The van der Waals surface area contributed by atoms with Gasteiger partial charge in [0, 0.05) is 0 Å². The van der Waals surface area contributed by atoms with Crippen LogP contribution < -0.4 is 0 Å². The minimum atomic E-state index is -2.21. The molecule has 0 aromatic heterocycles. The van der Waals surface area contributed by atoms with Crippen molar-refractivity contribution in [3.05, 3.63) is 53.1 Å². The van der Waals surface area contributed by atoms with Crippen LogP contribution >= 0.6 is 0 Å². The number of phenols is 9. The highest BCUT2D eigenvalue weighted by molar-refractivity contribution is 5.93. The summed E-state index contributed by atoms with van der Waals surface area (Å²) in [7, 11) is 0. The molecule has 0 aliphatic carbocycles. The number of aliphatic hydroxyl groups excluding tert-OH is 2. The summed E-state index contributed by atoms with van der Waals surface area (Å²) >= 11 is 0. The van der Waals surface area contributed by atoms with Gasteiger partial charge in [-0.2, -0.15) is 0 Å². The van der Waals surface area contributed by atoms with E-state index in [1.165, 1.54) is 0 Å². The number of carbonyl (C=O) groups is 3. The summed E-state index contributed by atoms with van der Waals surface area (Å²) in [5, 5.41) is 108. The molecular weight excluding hydrogens is 612 g/mol. The molecule has 1 fully saturated rings. The van der Waals surface area contributed by atoms with Gasteiger partial charge in [0.25, 0.3) is 0 Å². The highest BCUT2D eigenvalue weighted by Gasteiger charge is 2.51. The van der Waals surface area contributed by atoms with Gasteiger partial charge in [0.2, 0.25) is 6.29 Å². The van der Waals surface area contributed by atoms with Crippen molar-refractivity contribution in [3.8, 4) is 51.7 Å². The number of hydrogen-bond donors (Lipinski definition) is 11. The number of aliphatic hydroxyl groups is 2. The number of benzene rings is 3. The Morgan fingerprint density at radius 1 is 0.556 bits per heavy atom. The van der Waals surface area contributed by atoms with Crippen LogP contribution in [0.3, 0.4) is 0 Å². The molecule has 0 amide bonds. The summed E-state index contributed by atoms with van der Waals surface area (Å²) in [5.74, 6) is -12.7. The maximum atomic E-state index is 12.9. The lowest BCUT2D eigenvalue weighted by molar-refractivity contribution is -0.283. The van der Waals surface area contributed by atoms with Crippen molar-refractivity contribution >= 4 is 17.9 Å². The molecule has 0 unspecified atom stereocenters. The van der Waals surface area contributed by atoms with E-state index >= 15 is 0 Å². The van der Waals surface area contributed by atoms with E-state index in [1.54, 1.807) is 0 Å². The molecule has 0 spiro atoms. The molecule has 3 aromatic carbocycles. The topological polar surface area (TPSA) is 311 Å². The van der Waals surface area contributed by atoms with Crippen molar-refractivity contribution in [3.63, 3.8) is 0 Å². The largest absolute Gasteiger partial charge is 0.504 e. The van der Waals surface area contributed by atoms with Crippen LogP contribution in [0.5, 0.6) is 51.7 Å². The van der Waals surface area contributed by atoms with Crippen LogP contribution in [0.4, 0.5) is 0 Å². The van der Waals surface area contributed by atoms with Gasteiger partial charge in [-0.3, -0.25) is 0 Å². The van der Waals surface area contributed by atoms with Crippen LogP contribution in [0.2, 0.25) is 0 Å². The standard InChI is InChI=1S/C27H24O18/c28-7-17-22(43-24(39)8-1-11(29)18(35)12(30)2-8)21(38)23(44-25(40)9-3-13(31)19(36)14(32)4-9)27(42-17)45-26(41)10-5-15(33)20(37)16(34)6-10/h1-6,17,21-23,27-38H,7H2/t17-,21+,22-,23-,27+/m1/s1. The average Bonchev–Trinajstić information content (AvgIpc) is 2.99. The summed E-state index contributed by atoms with van der Waals surface area (Å²) in [6.45, 7) is -1.03. The predicted octanol–water partition coefficient (Wildman–Crippen LogP) is -0.277. The fourth-order valence-electron chi connectivity index (χ4n) is 4.13. The summed E-state index contributed by atoms with van der Waals surface area (Å²) in [6.07, 6.45) is -10.1. The second-order valence-corrected chi connectivity index (χ2v) is 9.45. The first kappa shape index (κ1) is 32.1. The summed E-state index contributed by atoms with van der Waals surface area (Å²) in [6, 6.07) is 4.06. The molecule has 0 saturated carbocycles. The lowest BCUT2D eigenvalue weighted by Crippen LogP contribution is -2.62. The molecule has 1 aliphatic rings. The number of ether oxygens (including phenoxy) is 4. The van der Waals surface area contributed by atoms with Gasteiger partial charge in [0.05, 0.1) is 23.3 Å². The van der Waals surface area contributed by atoms with Crippen molar-refractivity contribution in [1.29, 1.82) is 0 Å². The van der Waals surface area contributed by atoms with Gasteiger partial charge >= 0.3 is 17.9 Å². The van der Waals surface area contributed by atoms with E-state index in [2.05, 4.69) is 0 Å². The average molecular weight is 636 g/mol. The molecule has 0 radical (unpaired) electrons. The maximum absolute atomic E-state index is 12.9. The van der Waals surface area contributed by atoms with Gasteiger partial charge in [0.1, 0.15) is 12.2 Å². The van der Waals surface area contributed by atoms with Crippen molar-refractivity contribution < 1.29 is 89.5 Å². The molecule has 45 heavy (non-hydrogen) atoms. The third kappa shape index (κ3) is 6.42. The molecule has 5 atom stereocenters. The van der Waals surface area contributed by atoms with Gasteiger partial charge in [-0.1, -0.05) is 0 Å². The molecule has 11 N–H and O–H groups in total. The molecule has 1 aliphatic heterocycles. The van der Waals surface area contributed by atoms with Crippen molar-refractivity contribution in [2.45, 2.75) is 30.7 Å². The van der Waals surface area contributed by atoms with Crippen molar-refractivity contribution in [2.24, 2.45) is 0 Å². The van der Waals surface area contributed by atoms with Gasteiger partial charge in [-0.15, -0.1) is 0 Å². The van der Waals surface area contributed by atoms with Crippen molar-refractivity contribution in [1.82, 2.24) is 0 Å². The lowest BCUT2D eigenvalue weighted by atomic mass is 9.98. The Kier molecular flexibility index (Phi) is 8.84. The highest BCUT2D eigenvalue weighted by atomic mass is 16.7. The quantitative estimate of drug-likeness (QED) is 0.0902. The zero-order chi connectivity index (χ0) is 33.3. The van der Waals surface area contributed by atoms with Gasteiger partial charge < -0.3 is 75.1 Å². The molecule has 1 heterocycles. The number of esters is 3. The third-order valence-corrected chi connectivity index (χ3v) is 6.42. The van der Waals surface area contributed by atoms with E-state index in [-0.39, 0.29) is 0 Å². The van der Waals surface area contributed by atoms with E-state index in [9.17, 15) is 70.6 Å². The van der Waals surface area contributed by atoms with Crippen LogP contribution in [0.15, 0.2) is 36.4 Å². The summed E-state index contributed by atoms with van der Waals surface area (Å²) < 4.78 is 21.0. The molecule has 240 valence electrons. The second kappa shape index (κ2) is 12.4. The van der Waals surface area contributed by atoms with Gasteiger partial charge in [0.15, 0.2) is 64.0 Å². The molecule has 0 bridgehead atoms. The Bertz CT molecular complexity index is 1580. The predicted molar refractivity (Wildman–Crippen MR) is 140 cm³/mol. The Morgan fingerprint density at radius 3 is 1.20 bits per heavy atom. The van der Waals surface area contributed by atoms with Crippen LogP contribution in [0.25, 0.3) is 0 Å². The number of rotatable bonds is 7. The summed E-state index contributed by atoms with van der Waals surface area (Å²) in [5.41, 5.74) is -1.75. The molecule has 4 rings (SSSR count). The van der Waals surface area contributed by atoms with E-state index in [0.717, 1.165) is 0 Å². The van der Waals surface area contributed by atoms with E-state index in [1.807, 2.05) is 0 Å². The van der Waals surface area contributed by atoms with Gasteiger partial charge in [-0.05, 0) is 36.4 Å². The Balaban J connectivity index is 1.67. The highest BCUT2D eigenvalue weighted by Crippen LogP contribution is 2.39. The summed E-state index contributed by atoms with van der Waals surface area (Å²) in [4.78, 5) is 38.6. The fraction of sp³-hybridized carbons (Fsp3) is 0.222.